The van der Waals surface area contributed by atoms with Crippen LogP contribution in [-0.2, 0) is 4.79 Å². The van der Waals surface area contributed by atoms with Crippen molar-refractivity contribution in [1.82, 2.24) is 10.3 Å². The first kappa shape index (κ1) is 13.0. The third kappa shape index (κ3) is 2.98. The lowest BCUT2D eigenvalue weighted by Crippen LogP contribution is -2.33. The van der Waals surface area contributed by atoms with Crippen molar-refractivity contribution in [2.24, 2.45) is 5.73 Å². The van der Waals surface area contributed by atoms with E-state index < -0.39 is 11.8 Å². The predicted molar refractivity (Wildman–Crippen MR) is 60.8 cm³/mol. The average molecular weight is 283 g/mol. The number of carbonyl (C=O) groups excluding carboxylic acids is 2. The molecule has 0 bridgehead atoms. The summed E-state index contributed by atoms with van der Waals surface area (Å²) in [5.74, 6) is -1.33. The van der Waals surface area contributed by atoms with Gasteiger partial charge in [-0.05, 0) is 0 Å². The number of nitrogens with two attached hydrogens (primary N) is 1. The predicted octanol–water partition coefficient (Wildman–Crippen LogP) is 1.26. The molecule has 1 heterocycles. The Balaban J connectivity index is 2.92. The molecule has 0 aromatic carbocycles. The molecule has 0 saturated heterocycles. The van der Waals surface area contributed by atoms with Crippen molar-refractivity contribution in [1.29, 1.82) is 0 Å². The van der Waals surface area contributed by atoms with Gasteiger partial charge < -0.3 is 11.1 Å². The van der Waals surface area contributed by atoms with Crippen LogP contribution < -0.4 is 11.1 Å². The lowest BCUT2D eigenvalue weighted by molar-refractivity contribution is -0.117. The van der Waals surface area contributed by atoms with E-state index in [0.29, 0.717) is 0 Å². The lowest BCUT2D eigenvalue weighted by Gasteiger charge is -2.05. The standard InChI is InChI=1S/C8H6Cl3N3O2/c9-3-1-13-7(6(11)5(3)10)8(16)14-2-4(12)15/h1H,2H2,(H2,12,15)(H,14,16). The van der Waals surface area contributed by atoms with Crippen LogP contribution >= 0.6 is 34.8 Å². The van der Waals surface area contributed by atoms with Crippen molar-refractivity contribution < 1.29 is 9.59 Å². The van der Waals surface area contributed by atoms with E-state index in [1.165, 1.54) is 6.20 Å². The number of carbonyl (C=O) groups is 2. The molecule has 0 radical (unpaired) electrons. The molecule has 1 aromatic heterocycles. The first-order valence-electron chi connectivity index (χ1n) is 3.99. The van der Waals surface area contributed by atoms with Crippen LogP contribution in [0.1, 0.15) is 10.5 Å². The molecule has 0 atom stereocenters. The summed E-state index contributed by atoms with van der Waals surface area (Å²) < 4.78 is 0. The van der Waals surface area contributed by atoms with Gasteiger partial charge in [-0.3, -0.25) is 9.59 Å². The number of hydrogen-bond acceptors (Lipinski definition) is 3. The number of halogens is 3. The molecule has 1 aromatic rings. The van der Waals surface area contributed by atoms with Gasteiger partial charge in [-0.15, -0.1) is 0 Å². The van der Waals surface area contributed by atoms with E-state index in [0.717, 1.165) is 0 Å². The van der Waals surface area contributed by atoms with E-state index >= 15 is 0 Å². The number of rotatable bonds is 3. The molecule has 0 unspecified atom stereocenters. The van der Waals surface area contributed by atoms with Crippen LogP contribution in [0.2, 0.25) is 15.1 Å². The van der Waals surface area contributed by atoms with Crippen LogP contribution in [0.25, 0.3) is 0 Å². The maximum absolute atomic E-state index is 11.5. The Morgan fingerprint density at radius 2 is 1.94 bits per heavy atom. The Morgan fingerprint density at radius 1 is 1.31 bits per heavy atom. The summed E-state index contributed by atoms with van der Waals surface area (Å²) in [5.41, 5.74) is 4.74. The zero-order valence-corrected chi connectivity index (χ0v) is 10.0. The fourth-order valence-corrected chi connectivity index (χ4v) is 1.42. The summed E-state index contributed by atoms with van der Waals surface area (Å²) in [6.45, 7) is -0.308. The van der Waals surface area contributed by atoms with Gasteiger partial charge >= 0.3 is 0 Å². The molecule has 86 valence electrons. The van der Waals surface area contributed by atoms with E-state index in [2.05, 4.69) is 10.3 Å². The quantitative estimate of drug-likeness (QED) is 0.875. The minimum Gasteiger partial charge on any atom is -0.368 e. The Bertz CT molecular complexity index is 450. The number of primary amides is 1. The van der Waals surface area contributed by atoms with Crippen molar-refractivity contribution in [2.45, 2.75) is 0 Å². The first-order valence-corrected chi connectivity index (χ1v) is 5.13. The Hall–Kier alpha value is -1.04. The number of aromatic nitrogens is 1. The molecule has 3 N–H and O–H groups in total. The highest BCUT2D eigenvalue weighted by atomic mass is 35.5. The van der Waals surface area contributed by atoms with Gasteiger partial charge in [0, 0.05) is 6.20 Å². The Morgan fingerprint density at radius 3 is 2.50 bits per heavy atom. The Kier molecular flexibility index (Phi) is 4.35. The highest BCUT2D eigenvalue weighted by Gasteiger charge is 2.16. The van der Waals surface area contributed by atoms with Gasteiger partial charge in [-0.2, -0.15) is 0 Å². The molecule has 8 heteroatoms. The summed E-state index contributed by atoms with van der Waals surface area (Å²) in [7, 11) is 0. The fourth-order valence-electron chi connectivity index (χ4n) is 0.853. The molecule has 1 rings (SSSR count). The minimum absolute atomic E-state index is 0.0301. The summed E-state index contributed by atoms with van der Waals surface area (Å²) in [5, 5.41) is 2.32. The van der Waals surface area contributed by atoms with Crippen molar-refractivity contribution in [3.63, 3.8) is 0 Å². The SMILES string of the molecule is NC(=O)CNC(=O)c1ncc(Cl)c(Cl)c1Cl. The number of nitrogens with zero attached hydrogens (tertiary/aromatic N) is 1. The number of hydrogen-bond donors (Lipinski definition) is 2. The number of nitrogens with one attached hydrogen (secondary N) is 1. The van der Waals surface area contributed by atoms with Crippen molar-refractivity contribution in [2.75, 3.05) is 6.54 Å². The highest BCUT2D eigenvalue weighted by Crippen LogP contribution is 2.30. The Labute approximate surface area is 106 Å². The molecular formula is C8H6Cl3N3O2. The van der Waals surface area contributed by atoms with Crippen LogP contribution in [0.4, 0.5) is 0 Å². The molecule has 0 fully saturated rings. The lowest BCUT2D eigenvalue weighted by atomic mass is 10.3. The van der Waals surface area contributed by atoms with Gasteiger partial charge in [0.25, 0.3) is 5.91 Å². The van der Waals surface area contributed by atoms with Crippen molar-refractivity contribution in [3.05, 3.63) is 27.0 Å². The third-order valence-corrected chi connectivity index (χ3v) is 2.80. The van der Waals surface area contributed by atoms with Gasteiger partial charge in [-0.25, -0.2) is 4.98 Å². The maximum Gasteiger partial charge on any atom is 0.271 e. The summed E-state index contributed by atoms with van der Waals surface area (Å²) >= 11 is 17.1. The van der Waals surface area contributed by atoms with Crippen LogP contribution in [0.3, 0.4) is 0 Å². The first-order chi connectivity index (χ1) is 7.43. The second-order valence-electron chi connectivity index (χ2n) is 2.73. The van der Waals surface area contributed by atoms with Gasteiger partial charge in [0.05, 0.1) is 21.6 Å². The fraction of sp³-hybridized carbons (Fsp3) is 0.125. The van der Waals surface area contributed by atoms with E-state index in [-0.39, 0.29) is 27.3 Å². The van der Waals surface area contributed by atoms with Gasteiger partial charge in [0.1, 0.15) is 5.69 Å². The molecule has 0 saturated carbocycles. The smallest absolute Gasteiger partial charge is 0.271 e. The molecule has 0 aliphatic rings. The molecule has 0 aliphatic carbocycles. The van der Waals surface area contributed by atoms with Crippen LogP contribution in [0, 0.1) is 0 Å². The molecule has 0 aliphatic heterocycles. The van der Waals surface area contributed by atoms with Gasteiger partial charge in [0.15, 0.2) is 0 Å². The molecule has 16 heavy (non-hydrogen) atoms. The number of pyridine rings is 1. The van der Waals surface area contributed by atoms with Crippen LogP contribution in [0.15, 0.2) is 6.20 Å². The van der Waals surface area contributed by atoms with Crippen molar-refractivity contribution >= 4 is 46.6 Å². The van der Waals surface area contributed by atoms with E-state index in [1.807, 2.05) is 0 Å². The normalized spacial score (nSPS) is 9.94. The van der Waals surface area contributed by atoms with Crippen LogP contribution in [0.5, 0.6) is 0 Å². The summed E-state index contributed by atoms with van der Waals surface area (Å²) in [4.78, 5) is 25.6. The largest absolute Gasteiger partial charge is 0.368 e. The molecule has 5 nitrogen and oxygen atoms in total. The monoisotopic (exact) mass is 281 g/mol. The van der Waals surface area contributed by atoms with E-state index in [4.69, 9.17) is 40.5 Å². The number of amides is 2. The van der Waals surface area contributed by atoms with Crippen molar-refractivity contribution in [3.8, 4) is 0 Å². The summed E-state index contributed by atoms with van der Waals surface area (Å²) in [6.07, 6.45) is 1.19. The second kappa shape index (κ2) is 5.34. The zero-order chi connectivity index (χ0) is 12.3. The van der Waals surface area contributed by atoms with Crippen LogP contribution in [-0.4, -0.2) is 23.3 Å². The topological polar surface area (TPSA) is 85.1 Å². The zero-order valence-electron chi connectivity index (χ0n) is 7.76. The highest BCUT2D eigenvalue weighted by molar-refractivity contribution is 6.48. The minimum atomic E-state index is -0.676. The molecule has 2 amide bonds. The van der Waals surface area contributed by atoms with E-state index in [1.54, 1.807) is 0 Å². The third-order valence-electron chi connectivity index (χ3n) is 1.56. The van der Waals surface area contributed by atoms with Gasteiger partial charge in [0.2, 0.25) is 5.91 Å². The van der Waals surface area contributed by atoms with Gasteiger partial charge in [-0.1, -0.05) is 34.8 Å². The molecule has 0 spiro atoms. The maximum atomic E-state index is 11.5. The summed E-state index contributed by atoms with van der Waals surface area (Å²) in [6, 6.07) is 0. The second-order valence-corrected chi connectivity index (χ2v) is 3.89. The average Bonchev–Trinajstić information content (AvgIpc) is 2.23. The molecular weight excluding hydrogens is 276 g/mol. The van der Waals surface area contributed by atoms with E-state index in [9.17, 15) is 9.59 Å².